The molecule has 0 unspecified atom stereocenters. The van der Waals surface area contributed by atoms with Crippen molar-refractivity contribution in [1.82, 2.24) is 4.31 Å². The summed E-state index contributed by atoms with van der Waals surface area (Å²) in [6.07, 6.45) is 0.510. The third-order valence-electron chi connectivity index (χ3n) is 3.49. The van der Waals surface area contributed by atoms with E-state index in [4.69, 9.17) is 0 Å². The van der Waals surface area contributed by atoms with Crippen LogP contribution in [0.3, 0.4) is 0 Å². The lowest BCUT2D eigenvalue weighted by atomic mass is 9.94. The maximum atomic E-state index is 12.1. The molecule has 0 saturated carbocycles. The number of nitro groups is 1. The topological polar surface area (TPSA) is 101 Å². The number of benzene rings is 1. The van der Waals surface area contributed by atoms with Crippen LogP contribution >= 0.6 is 0 Å². The molecule has 0 aromatic heterocycles. The number of hydrogen-bond donors (Lipinski definition) is 1. The summed E-state index contributed by atoms with van der Waals surface area (Å²) in [6, 6.07) is 5.43. The fraction of sp³-hybridized carbons (Fsp3) is 0.500. The summed E-state index contributed by atoms with van der Waals surface area (Å²) in [5.74, 6) is -0.217. The monoisotopic (exact) mass is 300 g/mol. The lowest BCUT2D eigenvalue weighted by Crippen LogP contribution is -2.63. The molecular weight excluding hydrogens is 284 g/mol. The molecule has 0 radical (unpaired) electrons. The molecule has 0 atom stereocenters. The van der Waals surface area contributed by atoms with Gasteiger partial charge in [-0.3, -0.25) is 10.1 Å². The molecule has 7 nitrogen and oxygen atoms in total. The van der Waals surface area contributed by atoms with Crippen LogP contribution in [0.25, 0.3) is 0 Å². The second-order valence-corrected chi connectivity index (χ2v) is 6.99. The maximum absolute atomic E-state index is 12.1. The van der Waals surface area contributed by atoms with Gasteiger partial charge in [0.2, 0.25) is 10.0 Å². The van der Waals surface area contributed by atoms with E-state index in [1.54, 1.807) is 6.92 Å². The first-order valence-electron chi connectivity index (χ1n) is 6.19. The van der Waals surface area contributed by atoms with Gasteiger partial charge in [0, 0.05) is 25.2 Å². The summed E-state index contributed by atoms with van der Waals surface area (Å²) in [4.78, 5) is 9.98. The Balaban J connectivity index is 2.04. The van der Waals surface area contributed by atoms with Crippen LogP contribution in [0, 0.1) is 10.1 Å². The number of β-amino-alcohol motifs (C(OH)–C–C–N with tert-alkyl or cyclic N) is 1. The Labute approximate surface area is 117 Å². The molecule has 2 rings (SSSR count). The van der Waals surface area contributed by atoms with Gasteiger partial charge in [-0.2, -0.15) is 4.31 Å². The molecule has 1 aliphatic heterocycles. The van der Waals surface area contributed by atoms with Crippen LogP contribution in [-0.4, -0.2) is 41.4 Å². The molecule has 20 heavy (non-hydrogen) atoms. The highest BCUT2D eigenvalue weighted by Gasteiger charge is 2.45. The zero-order chi connectivity index (χ0) is 15.0. The van der Waals surface area contributed by atoms with Gasteiger partial charge in [0.05, 0.1) is 16.3 Å². The van der Waals surface area contributed by atoms with E-state index in [2.05, 4.69) is 0 Å². The molecule has 8 heteroatoms. The molecule has 0 aliphatic carbocycles. The minimum Gasteiger partial charge on any atom is -0.387 e. The molecule has 0 amide bonds. The lowest BCUT2D eigenvalue weighted by molar-refractivity contribution is -0.384. The molecule has 0 bridgehead atoms. The van der Waals surface area contributed by atoms with Crippen molar-refractivity contribution >= 4 is 15.7 Å². The van der Waals surface area contributed by atoms with Crippen LogP contribution in [0.5, 0.6) is 0 Å². The number of nitro benzene ring substituents is 1. The Bertz CT molecular complexity index is 605. The normalized spacial score (nSPS) is 18.5. The average molecular weight is 300 g/mol. The summed E-state index contributed by atoms with van der Waals surface area (Å²) in [6.45, 7) is 2.03. The minimum absolute atomic E-state index is 0.0737. The Morgan fingerprint density at radius 1 is 1.35 bits per heavy atom. The molecule has 1 aromatic rings. The first kappa shape index (κ1) is 14.9. The van der Waals surface area contributed by atoms with E-state index in [-0.39, 0.29) is 24.5 Å². The van der Waals surface area contributed by atoms with Crippen LogP contribution in [0.15, 0.2) is 24.3 Å². The third kappa shape index (κ3) is 2.97. The predicted octanol–water partition coefficient (Wildman–Crippen LogP) is 0.881. The van der Waals surface area contributed by atoms with Gasteiger partial charge >= 0.3 is 0 Å². The molecule has 1 saturated heterocycles. The zero-order valence-corrected chi connectivity index (χ0v) is 11.8. The third-order valence-corrected chi connectivity index (χ3v) is 5.23. The zero-order valence-electron chi connectivity index (χ0n) is 11.0. The molecule has 1 N–H and O–H groups in total. The van der Waals surface area contributed by atoms with Crippen LogP contribution in [0.2, 0.25) is 0 Å². The number of hydrogen-bond acceptors (Lipinski definition) is 5. The molecule has 1 aromatic carbocycles. The van der Waals surface area contributed by atoms with E-state index in [1.807, 2.05) is 0 Å². The lowest BCUT2D eigenvalue weighted by Gasteiger charge is -2.44. The number of aliphatic hydroxyl groups is 1. The summed E-state index contributed by atoms with van der Waals surface area (Å²) in [7, 11) is -3.49. The standard InChI is InChI=1S/C12H16N2O5S/c1-2-12(15)8-13(9-12)20(18,19)7-10-3-5-11(6-4-10)14(16)17/h3-6,15H,2,7-9H2,1H3. The van der Waals surface area contributed by atoms with Crippen molar-refractivity contribution in [2.24, 2.45) is 0 Å². The highest BCUT2D eigenvalue weighted by atomic mass is 32.2. The van der Waals surface area contributed by atoms with Crippen molar-refractivity contribution < 1.29 is 18.4 Å². The Hall–Kier alpha value is -1.51. The maximum Gasteiger partial charge on any atom is 0.269 e. The van der Waals surface area contributed by atoms with Crippen molar-refractivity contribution in [3.05, 3.63) is 39.9 Å². The number of sulfonamides is 1. The van der Waals surface area contributed by atoms with Gasteiger partial charge in [0.1, 0.15) is 0 Å². The summed E-state index contributed by atoms with van der Waals surface area (Å²) in [5.41, 5.74) is -0.499. The van der Waals surface area contributed by atoms with Crippen molar-refractivity contribution in [3.63, 3.8) is 0 Å². The van der Waals surface area contributed by atoms with Gasteiger partial charge in [-0.25, -0.2) is 8.42 Å². The molecule has 1 heterocycles. The summed E-state index contributed by atoms with van der Waals surface area (Å²) in [5, 5.41) is 20.4. The van der Waals surface area contributed by atoms with E-state index in [9.17, 15) is 23.6 Å². The summed E-state index contributed by atoms with van der Waals surface area (Å²) < 4.78 is 25.4. The van der Waals surface area contributed by atoms with Gasteiger partial charge < -0.3 is 5.11 Å². The largest absolute Gasteiger partial charge is 0.387 e. The Morgan fingerprint density at radius 2 is 1.90 bits per heavy atom. The Kier molecular flexibility index (Phi) is 3.81. The van der Waals surface area contributed by atoms with Crippen LogP contribution in [0.4, 0.5) is 5.69 Å². The quantitative estimate of drug-likeness (QED) is 0.642. The fourth-order valence-electron chi connectivity index (χ4n) is 2.05. The molecule has 110 valence electrons. The van der Waals surface area contributed by atoms with E-state index in [1.165, 1.54) is 28.6 Å². The van der Waals surface area contributed by atoms with Gasteiger partial charge in [0.15, 0.2) is 0 Å². The van der Waals surface area contributed by atoms with Gasteiger partial charge in [-0.1, -0.05) is 19.1 Å². The van der Waals surface area contributed by atoms with Crippen molar-refractivity contribution in [1.29, 1.82) is 0 Å². The number of nitrogens with zero attached hydrogens (tertiary/aromatic N) is 2. The second-order valence-electron chi connectivity index (χ2n) is 5.03. The second kappa shape index (κ2) is 5.12. The van der Waals surface area contributed by atoms with Crippen LogP contribution < -0.4 is 0 Å². The van der Waals surface area contributed by atoms with E-state index >= 15 is 0 Å². The minimum atomic E-state index is -3.49. The first-order valence-corrected chi connectivity index (χ1v) is 7.80. The first-order chi connectivity index (χ1) is 9.26. The average Bonchev–Trinajstić information content (AvgIpc) is 2.35. The molecule has 1 fully saturated rings. The summed E-state index contributed by atoms with van der Waals surface area (Å²) >= 11 is 0. The highest BCUT2D eigenvalue weighted by Crippen LogP contribution is 2.28. The smallest absolute Gasteiger partial charge is 0.269 e. The van der Waals surface area contributed by atoms with E-state index in [0.717, 1.165) is 0 Å². The van der Waals surface area contributed by atoms with Crippen molar-refractivity contribution in [2.45, 2.75) is 24.7 Å². The molecule has 1 aliphatic rings. The van der Waals surface area contributed by atoms with Gasteiger partial charge in [-0.15, -0.1) is 0 Å². The Morgan fingerprint density at radius 3 is 2.35 bits per heavy atom. The van der Waals surface area contributed by atoms with Crippen LogP contribution in [0.1, 0.15) is 18.9 Å². The van der Waals surface area contributed by atoms with Crippen LogP contribution in [-0.2, 0) is 15.8 Å². The highest BCUT2D eigenvalue weighted by molar-refractivity contribution is 7.88. The van der Waals surface area contributed by atoms with Gasteiger partial charge in [-0.05, 0) is 12.0 Å². The number of non-ortho nitro benzene ring substituents is 1. The van der Waals surface area contributed by atoms with E-state index in [0.29, 0.717) is 12.0 Å². The van der Waals surface area contributed by atoms with Crippen molar-refractivity contribution in [3.8, 4) is 0 Å². The van der Waals surface area contributed by atoms with Crippen molar-refractivity contribution in [2.75, 3.05) is 13.1 Å². The molecular formula is C12H16N2O5S. The van der Waals surface area contributed by atoms with E-state index < -0.39 is 20.5 Å². The fourth-order valence-corrected chi connectivity index (χ4v) is 3.72. The van der Waals surface area contributed by atoms with Gasteiger partial charge in [0.25, 0.3) is 5.69 Å². The SMILES string of the molecule is CCC1(O)CN(S(=O)(=O)Cc2ccc([N+](=O)[O-])cc2)C1. The molecule has 0 spiro atoms. The number of rotatable bonds is 5. The predicted molar refractivity (Wildman–Crippen MR) is 72.5 cm³/mol.